The third-order valence-corrected chi connectivity index (χ3v) is 2.99. The van der Waals surface area contributed by atoms with Crippen molar-refractivity contribution in [3.8, 4) is 0 Å². The quantitative estimate of drug-likeness (QED) is 0.380. The van der Waals surface area contributed by atoms with Crippen molar-refractivity contribution in [2.24, 2.45) is 0 Å². The summed E-state index contributed by atoms with van der Waals surface area (Å²) in [6.07, 6.45) is 22.1. The maximum Gasteiger partial charge on any atom is 0.0106 e. The van der Waals surface area contributed by atoms with Gasteiger partial charge in [0.15, 0.2) is 0 Å². The molecule has 0 atom stereocenters. The standard InChI is InChI=1S/C19H29N/c1-6-18(3)14-10-8-11-15-19(4)16-12-9-13-17-20(5)7-2/h6-8,10-11,13-15,17H,2,9,12,16H2,1,3-5H3/b11-8-,14-10+,17-13-,18-6-,19-15+. The van der Waals surface area contributed by atoms with Crippen molar-refractivity contribution in [3.05, 3.63) is 72.7 Å². The van der Waals surface area contributed by atoms with Crippen LogP contribution < -0.4 is 0 Å². The predicted octanol–water partition coefficient (Wildman–Crippen LogP) is 5.77. The lowest BCUT2D eigenvalue weighted by atomic mass is 10.1. The van der Waals surface area contributed by atoms with Crippen molar-refractivity contribution in [1.82, 2.24) is 4.90 Å². The summed E-state index contributed by atoms with van der Waals surface area (Å²) in [4.78, 5) is 1.96. The van der Waals surface area contributed by atoms with Gasteiger partial charge in [-0.1, -0.05) is 60.3 Å². The van der Waals surface area contributed by atoms with Crippen molar-refractivity contribution in [2.75, 3.05) is 7.05 Å². The number of hydrogen-bond acceptors (Lipinski definition) is 1. The molecule has 20 heavy (non-hydrogen) atoms. The van der Waals surface area contributed by atoms with Gasteiger partial charge in [0.2, 0.25) is 0 Å². The predicted molar refractivity (Wildman–Crippen MR) is 92.4 cm³/mol. The summed E-state index contributed by atoms with van der Waals surface area (Å²) in [5.41, 5.74) is 2.70. The van der Waals surface area contributed by atoms with Crippen LogP contribution in [0.3, 0.4) is 0 Å². The lowest BCUT2D eigenvalue weighted by molar-refractivity contribution is 0.623. The molecule has 0 N–H and O–H groups in total. The molecule has 0 aliphatic heterocycles. The van der Waals surface area contributed by atoms with E-state index in [4.69, 9.17) is 0 Å². The zero-order valence-corrected chi connectivity index (χ0v) is 13.5. The van der Waals surface area contributed by atoms with Crippen LogP contribution in [0.5, 0.6) is 0 Å². The van der Waals surface area contributed by atoms with E-state index in [-0.39, 0.29) is 0 Å². The van der Waals surface area contributed by atoms with Gasteiger partial charge in [0.1, 0.15) is 0 Å². The Balaban J connectivity index is 3.92. The Labute approximate surface area is 125 Å². The highest BCUT2D eigenvalue weighted by molar-refractivity contribution is 5.22. The van der Waals surface area contributed by atoms with Crippen LogP contribution in [0, 0.1) is 0 Å². The first-order valence-electron chi connectivity index (χ1n) is 7.24. The third kappa shape index (κ3) is 11.3. The average Bonchev–Trinajstić information content (AvgIpc) is 2.45. The molecule has 0 aliphatic rings. The molecule has 0 radical (unpaired) electrons. The highest BCUT2D eigenvalue weighted by Crippen LogP contribution is 2.07. The highest BCUT2D eigenvalue weighted by atomic mass is 15.0. The van der Waals surface area contributed by atoms with Gasteiger partial charge in [-0.05, 0) is 52.4 Å². The zero-order chi connectivity index (χ0) is 15.2. The van der Waals surface area contributed by atoms with E-state index in [1.807, 2.05) is 11.9 Å². The second-order valence-electron chi connectivity index (χ2n) is 4.91. The Hall–Kier alpha value is -1.76. The van der Waals surface area contributed by atoms with Crippen molar-refractivity contribution in [1.29, 1.82) is 0 Å². The third-order valence-electron chi connectivity index (χ3n) is 2.99. The van der Waals surface area contributed by atoms with Crippen LogP contribution in [-0.2, 0) is 0 Å². The normalized spacial score (nSPS) is 13.8. The van der Waals surface area contributed by atoms with Crippen molar-refractivity contribution in [2.45, 2.75) is 40.0 Å². The maximum absolute atomic E-state index is 3.70. The van der Waals surface area contributed by atoms with Gasteiger partial charge in [0, 0.05) is 7.05 Å². The molecule has 1 heteroatoms. The smallest absolute Gasteiger partial charge is 0.0106 e. The Morgan fingerprint density at radius 3 is 2.55 bits per heavy atom. The SMILES string of the molecule is C=CN(C)/C=C\CCC/C(C)=C/C=C\C=C\C(C)=C/C. The number of hydrogen-bond donors (Lipinski definition) is 0. The summed E-state index contributed by atoms with van der Waals surface area (Å²) in [6, 6.07) is 0. The molecule has 0 heterocycles. The average molecular weight is 271 g/mol. The van der Waals surface area contributed by atoms with E-state index in [0.29, 0.717) is 0 Å². The molecule has 0 saturated heterocycles. The molecule has 0 rings (SSSR count). The van der Waals surface area contributed by atoms with Crippen LogP contribution in [0.15, 0.2) is 72.7 Å². The topological polar surface area (TPSA) is 3.24 Å². The molecule has 110 valence electrons. The monoisotopic (exact) mass is 271 g/mol. The molecule has 0 fully saturated rings. The molecule has 1 nitrogen and oxygen atoms in total. The first kappa shape index (κ1) is 18.2. The molecule has 0 saturated carbocycles. The lowest BCUT2D eigenvalue weighted by Gasteiger charge is -2.04. The number of unbranched alkanes of at least 4 members (excludes halogenated alkanes) is 1. The van der Waals surface area contributed by atoms with E-state index in [9.17, 15) is 0 Å². The number of nitrogens with zero attached hydrogens (tertiary/aromatic N) is 1. The Morgan fingerprint density at radius 2 is 1.90 bits per heavy atom. The second kappa shape index (κ2) is 12.3. The van der Waals surface area contributed by atoms with Crippen LogP contribution in [0.4, 0.5) is 0 Å². The summed E-state index contributed by atoms with van der Waals surface area (Å²) in [5.74, 6) is 0. The summed E-state index contributed by atoms with van der Waals surface area (Å²) in [6.45, 7) is 10.0. The summed E-state index contributed by atoms with van der Waals surface area (Å²) in [7, 11) is 1.99. The van der Waals surface area contributed by atoms with Gasteiger partial charge in [-0.25, -0.2) is 0 Å². The second-order valence-corrected chi connectivity index (χ2v) is 4.91. The molecular formula is C19H29N. The van der Waals surface area contributed by atoms with E-state index >= 15 is 0 Å². The first-order valence-corrected chi connectivity index (χ1v) is 7.24. The molecule has 0 amide bonds. The van der Waals surface area contributed by atoms with Crippen molar-refractivity contribution in [3.63, 3.8) is 0 Å². The van der Waals surface area contributed by atoms with Crippen LogP contribution in [-0.4, -0.2) is 11.9 Å². The highest BCUT2D eigenvalue weighted by Gasteiger charge is 1.88. The van der Waals surface area contributed by atoms with Crippen molar-refractivity contribution < 1.29 is 0 Å². The van der Waals surface area contributed by atoms with Crippen LogP contribution in [0.2, 0.25) is 0 Å². The van der Waals surface area contributed by atoms with Gasteiger partial charge in [0.25, 0.3) is 0 Å². The summed E-state index contributed by atoms with van der Waals surface area (Å²) >= 11 is 0. The van der Waals surface area contributed by atoms with Gasteiger partial charge >= 0.3 is 0 Å². The van der Waals surface area contributed by atoms with E-state index in [2.05, 4.69) is 76.1 Å². The molecule has 0 aromatic heterocycles. The first-order chi connectivity index (χ1) is 9.60. The van der Waals surface area contributed by atoms with E-state index in [1.54, 1.807) is 6.20 Å². The maximum atomic E-state index is 3.70. The Bertz CT molecular complexity index is 405. The van der Waals surface area contributed by atoms with E-state index in [0.717, 1.165) is 12.8 Å². The van der Waals surface area contributed by atoms with Gasteiger partial charge in [0.05, 0.1) is 0 Å². The molecule has 0 aliphatic carbocycles. The fourth-order valence-electron chi connectivity index (χ4n) is 1.47. The Morgan fingerprint density at radius 1 is 1.15 bits per heavy atom. The van der Waals surface area contributed by atoms with Gasteiger partial charge in [-0.2, -0.15) is 0 Å². The van der Waals surface area contributed by atoms with Gasteiger partial charge in [-0.15, -0.1) is 0 Å². The molecular weight excluding hydrogens is 242 g/mol. The fraction of sp³-hybridized carbons (Fsp3) is 0.368. The van der Waals surface area contributed by atoms with Gasteiger partial charge < -0.3 is 4.90 Å². The largest absolute Gasteiger partial charge is 0.358 e. The summed E-state index contributed by atoms with van der Waals surface area (Å²) in [5, 5.41) is 0. The minimum absolute atomic E-state index is 1.10. The Kier molecular flexibility index (Phi) is 11.2. The van der Waals surface area contributed by atoms with Gasteiger partial charge in [-0.3, -0.25) is 0 Å². The van der Waals surface area contributed by atoms with Crippen LogP contribution >= 0.6 is 0 Å². The van der Waals surface area contributed by atoms with E-state index < -0.39 is 0 Å². The number of allylic oxidation sites excluding steroid dienone is 9. The lowest BCUT2D eigenvalue weighted by Crippen LogP contribution is -1.97. The fourth-order valence-corrected chi connectivity index (χ4v) is 1.47. The molecule has 0 spiro atoms. The van der Waals surface area contributed by atoms with Crippen LogP contribution in [0.1, 0.15) is 40.0 Å². The molecule has 0 aromatic carbocycles. The van der Waals surface area contributed by atoms with Crippen molar-refractivity contribution >= 4 is 0 Å². The molecule has 0 unspecified atom stereocenters. The van der Waals surface area contributed by atoms with E-state index in [1.165, 1.54) is 17.6 Å². The minimum atomic E-state index is 1.10. The molecule has 0 bridgehead atoms. The summed E-state index contributed by atoms with van der Waals surface area (Å²) < 4.78 is 0. The zero-order valence-electron chi connectivity index (χ0n) is 13.5. The van der Waals surface area contributed by atoms with Crippen LogP contribution in [0.25, 0.3) is 0 Å². The molecule has 0 aromatic rings. The minimum Gasteiger partial charge on any atom is -0.358 e. The number of rotatable bonds is 9.